The smallest absolute Gasteiger partial charge is 0.0897 e. The van der Waals surface area contributed by atoms with Gasteiger partial charge in [0.15, 0.2) is 0 Å². The van der Waals surface area contributed by atoms with Crippen molar-refractivity contribution in [3.8, 4) is 0 Å². The first-order chi connectivity index (χ1) is 8.31. The van der Waals surface area contributed by atoms with Crippen LogP contribution in [0.15, 0.2) is 0 Å². The zero-order valence-corrected chi connectivity index (χ0v) is 11.3. The number of hydrogen-bond acceptors (Lipinski definition) is 4. The fourth-order valence-electron chi connectivity index (χ4n) is 1.63. The van der Waals surface area contributed by atoms with E-state index in [1.54, 1.807) is 0 Å². The number of ether oxygens (including phenoxy) is 1. The van der Waals surface area contributed by atoms with E-state index >= 15 is 0 Å². The molecule has 4 nitrogen and oxygen atoms in total. The number of nitrogens with one attached hydrogen (secondary N) is 1. The molecule has 4 N–H and O–H groups in total. The molecule has 0 bridgehead atoms. The van der Waals surface area contributed by atoms with Crippen molar-refractivity contribution in [3.63, 3.8) is 0 Å². The van der Waals surface area contributed by atoms with Gasteiger partial charge in [0.25, 0.3) is 0 Å². The van der Waals surface area contributed by atoms with Crippen molar-refractivity contribution in [1.29, 1.82) is 0 Å². The number of aliphatic hydroxyl groups excluding tert-OH is 1. The number of aliphatic hydroxyl groups is 1. The first-order valence-electron chi connectivity index (χ1n) is 6.97. The highest BCUT2D eigenvalue weighted by Gasteiger charge is 2.02. The third kappa shape index (κ3) is 13.8. The minimum atomic E-state index is -0.415. The highest BCUT2D eigenvalue weighted by Crippen LogP contribution is 2.04. The average molecular weight is 246 g/mol. The van der Waals surface area contributed by atoms with Gasteiger partial charge < -0.3 is 20.9 Å². The topological polar surface area (TPSA) is 67.5 Å². The molecule has 0 amide bonds. The van der Waals surface area contributed by atoms with Crippen LogP contribution in [0.5, 0.6) is 0 Å². The van der Waals surface area contributed by atoms with Crippen LogP contribution in [-0.2, 0) is 4.74 Å². The standard InChI is InChI=1S/C13H30N2O2/c1-2-3-4-5-6-7-10-17-12-13(16)11-15-9-8-14/h13,15-16H,2-12,14H2,1H3. The van der Waals surface area contributed by atoms with Crippen LogP contribution in [-0.4, -0.2) is 44.1 Å². The molecule has 17 heavy (non-hydrogen) atoms. The Hall–Kier alpha value is -0.160. The lowest BCUT2D eigenvalue weighted by Crippen LogP contribution is -2.33. The normalized spacial score (nSPS) is 12.9. The maximum atomic E-state index is 9.52. The van der Waals surface area contributed by atoms with Crippen LogP contribution in [0.25, 0.3) is 0 Å². The lowest BCUT2D eigenvalue weighted by Gasteiger charge is -2.11. The fourth-order valence-corrected chi connectivity index (χ4v) is 1.63. The van der Waals surface area contributed by atoms with Gasteiger partial charge in [-0.25, -0.2) is 0 Å². The largest absolute Gasteiger partial charge is 0.389 e. The Kier molecular flexibility index (Phi) is 13.8. The van der Waals surface area contributed by atoms with Crippen LogP contribution in [0.2, 0.25) is 0 Å². The molecule has 0 aromatic rings. The summed E-state index contributed by atoms with van der Waals surface area (Å²) in [7, 11) is 0. The molecular weight excluding hydrogens is 216 g/mol. The predicted octanol–water partition coefficient (Wildman–Crippen LogP) is 1.27. The molecule has 0 aliphatic carbocycles. The first kappa shape index (κ1) is 16.8. The van der Waals surface area contributed by atoms with Gasteiger partial charge in [0, 0.05) is 26.2 Å². The molecule has 0 heterocycles. The molecule has 4 heteroatoms. The zero-order chi connectivity index (χ0) is 12.8. The van der Waals surface area contributed by atoms with Crippen LogP contribution in [0.1, 0.15) is 45.4 Å². The van der Waals surface area contributed by atoms with E-state index in [1.165, 1.54) is 32.1 Å². The lowest BCUT2D eigenvalue weighted by molar-refractivity contribution is 0.0356. The molecule has 0 aliphatic rings. The Morgan fingerprint density at radius 3 is 2.59 bits per heavy atom. The summed E-state index contributed by atoms with van der Waals surface area (Å²) in [6.07, 6.45) is 7.19. The van der Waals surface area contributed by atoms with Gasteiger partial charge in [-0.05, 0) is 6.42 Å². The van der Waals surface area contributed by atoms with E-state index in [0.29, 0.717) is 19.7 Å². The summed E-state index contributed by atoms with van der Waals surface area (Å²) in [5.41, 5.74) is 5.33. The van der Waals surface area contributed by atoms with Gasteiger partial charge in [0.2, 0.25) is 0 Å². The Morgan fingerprint density at radius 1 is 1.18 bits per heavy atom. The number of unbranched alkanes of at least 4 members (excludes halogenated alkanes) is 5. The summed E-state index contributed by atoms with van der Waals surface area (Å²) in [6, 6.07) is 0. The maximum Gasteiger partial charge on any atom is 0.0897 e. The van der Waals surface area contributed by atoms with E-state index in [2.05, 4.69) is 12.2 Å². The summed E-state index contributed by atoms with van der Waals surface area (Å²) in [6.45, 7) is 5.32. The Balaban J connectivity index is 3.05. The van der Waals surface area contributed by atoms with Crippen molar-refractivity contribution in [2.75, 3.05) is 32.8 Å². The molecule has 1 atom stereocenters. The second kappa shape index (κ2) is 13.9. The number of hydrogen-bond donors (Lipinski definition) is 3. The van der Waals surface area contributed by atoms with Gasteiger partial charge in [0.05, 0.1) is 12.7 Å². The van der Waals surface area contributed by atoms with Gasteiger partial charge in [-0.1, -0.05) is 39.0 Å². The van der Waals surface area contributed by atoms with Crippen LogP contribution in [0.4, 0.5) is 0 Å². The Bertz CT molecular complexity index is 145. The zero-order valence-electron chi connectivity index (χ0n) is 11.3. The maximum absolute atomic E-state index is 9.52. The monoisotopic (exact) mass is 246 g/mol. The molecule has 0 saturated carbocycles. The van der Waals surface area contributed by atoms with Gasteiger partial charge in [-0.15, -0.1) is 0 Å². The first-order valence-corrected chi connectivity index (χ1v) is 6.97. The summed E-state index contributed by atoms with van der Waals surface area (Å²) >= 11 is 0. The fraction of sp³-hybridized carbons (Fsp3) is 1.00. The van der Waals surface area contributed by atoms with E-state index in [1.807, 2.05) is 0 Å². The molecule has 104 valence electrons. The van der Waals surface area contributed by atoms with E-state index < -0.39 is 6.10 Å². The summed E-state index contributed by atoms with van der Waals surface area (Å²) in [5, 5.41) is 12.6. The highest BCUT2D eigenvalue weighted by molar-refractivity contribution is 4.58. The minimum absolute atomic E-state index is 0.415. The Labute approximate surface area is 106 Å². The molecule has 0 aliphatic heterocycles. The Morgan fingerprint density at radius 2 is 1.88 bits per heavy atom. The average Bonchev–Trinajstić information content (AvgIpc) is 2.33. The van der Waals surface area contributed by atoms with Gasteiger partial charge in [-0.3, -0.25) is 0 Å². The number of nitrogens with two attached hydrogens (primary N) is 1. The molecule has 0 radical (unpaired) electrons. The van der Waals surface area contributed by atoms with Crippen molar-refractivity contribution >= 4 is 0 Å². The van der Waals surface area contributed by atoms with E-state index in [4.69, 9.17) is 10.5 Å². The molecule has 0 aromatic heterocycles. The van der Waals surface area contributed by atoms with Crippen molar-refractivity contribution in [1.82, 2.24) is 5.32 Å². The third-order valence-electron chi connectivity index (χ3n) is 2.65. The molecule has 0 aromatic carbocycles. The molecular formula is C13H30N2O2. The van der Waals surface area contributed by atoms with Gasteiger partial charge >= 0.3 is 0 Å². The lowest BCUT2D eigenvalue weighted by atomic mass is 10.1. The summed E-state index contributed by atoms with van der Waals surface area (Å²) in [5.74, 6) is 0. The quantitative estimate of drug-likeness (QED) is 0.428. The minimum Gasteiger partial charge on any atom is -0.389 e. The van der Waals surface area contributed by atoms with Crippen molar-refractivity contribution in [2.24, 2.45) is 5.73 Å². The molecule has 0 rings (SSSR count). The molecule has 0 spiro atoms. The van der Waals surface area contributed by atoms with Crippen molar-refractivity contribution in [2.45, 2.75) is 51.6 Å². The SMILES string of the molecule is CCCCCCCCOCC(O)CNCCN. The van der Waals surface area contributed by atoms with Gasteiger partial charge in [-0.2, -0.15) is 0 Å². The van der Waals surface area contributed by atoms with E-state index in [-0.39, 0.29) is 0 Å². The molecule has 0 fully saturated rings. The highest BCUT2D eigenvalue weighted by atomic mass is 16.5. The van der Waals surface area contributed by atoms with Crippen LogP contribution < -0.4 is 11.1 Å². The predicted molar refractivity (Wildman–Crippen MR) is 72.1 cm³/mol. The van der Waals surface area contributed by atoms with Crippen LogP contribution in [0, 0.1) is 0 Å². The second-order valence-corrected chi connectivity index (χ2v) is 4.49. The summed E-state index contributed by atoms with van der Waals surface area (Å²) in [4.78, 5) is 0. The number of rotatable bonds is 13. The van der Waals surface area contributed by atoms with Crippen molar-refractivity contribution < 1.29 is 9.84 Å². The summed E-state index contributed by atoms with van der Waals surface area (Å²) < 4.78 is 5.41. The van der Waals surface area contributed by atoms with E-state index in [9.17, 15) is 5.11 Å². The van der Waals surface area contributed by atoms with Crippen LogP contribution >= 0.6 is 0 Å². The molecule has 1 unspecified atom stereocenters. The van der Waals surface area contributed by atoms with E-state index in [0.717, 1.165) is 19.6 Å². The molecule has 0 saturated heterocycles. The van der Waals surface area contributed by atoms with Crippen LogP contribution in [0.3, 0.4) is 0 Å². The third-order valence-corrected chi connectivity index (χ3v) is 2.65. The van der Waals surface area contributed by atoms with Gasteiger partial charge in [0.1, 0.15) is 0 Å². The van der Waals surface area contributed by atoms with Crippen molar-refractivity contribution in [3.05, 3.63) is 0 Å². The second-order valence-electron chi connectivity index (χ2n) is 4.49.